The molecule has 1 aromatic rings. The lowest BCUT2D eigenvalue weighted by Gasteiger charge is -2.36. The van der Waals surface area contributed by atoms with E-state index in [-0.39, 0.29) is 11.9 Å². The number of hydrogen-bond donors (Lipinski definition) is 1. The topological polar surface area (TPSA) is 49.8 Å². The van der Waals surface area contributed by atoms with Crippen LogP contribution in [-0.2, 0) is 10.4 Å². The fraction of sp³-hybridized carbons (Fsp3) is 0.500. The third-order valence-corrected chi connectivity index (χ3v) is 4.27. The van der Waals surface area contributed by atoms with E-state index in [0.717, 1.165) is 29.7 Å². The molecule has 0 bridgehead atoms. The van der Waals surface area contributed by atoms with Gasteiger partial charge in [0, 0.05) is 12.6 Å². The quantitative estimate of drug-likeness (QED) is 0.870. The van der Waals surface area contributed by atoms with Crippen LogP contribution in [0.3, 0.4) is 0 Å². The van der Waals surface area contributed by atoms with Crippen LogP contribution < -0.4 is 4.74 Å². The van der Waals surface area contributed by atoms with Crippen LogP contribution in [-0.4, -0.2) is 35.6 Å². The van der Waals surface area contributed by atoms with E-state index in [9.17, 15) is 9.90 Å². The third kappa shape index (κ3) is 3.33. The second-order valence-corrected chi connectivity index (χ2v) is 6.29. The number of likely N-dealkylation sites (tertiary alicyclic amines) is 1. The molecule has 2 rings (SSSR count). The summed E-state index contributed by atoms with van der Waals surface area (Å²) in [5, 5.41) is 11.0. The summed E-state index contributed by atoms with van der Waals surface area (Å²) in [7, 11) is 1.62. The SMILES string of the molecule is COc1ccc(C(C)(O)C2CCCN2C(=O)C=C(C)C)cc1. The van der Waals surface area contributed by atoms with Crippen molar-refractivity contribution in [3.05, 3.63) is 41.5 Å². The van der Waals surface area contributed by atoms with E-state index in [1.54, 1.807) is 25.0 Å². The summed E-state index contributed by atoms with van der Waals surface area (Å²) >= 11 is 0. The average molecular weight is 303 g/mol. The van der Waals surface area contributed by atoms with Gasteiger partial charge < -0.3 is 14.7 Å². The van der Waals surface area contributed by atoms with Crippen LogP contribution in [0.2, 0.25) is 0 Å². The zero-order chi connectivity index (χ0) is 16.3. The number of carbonyl (C=O) groups excluding carboxylic acids is 1. The lowest BCUT2D eigenvalue weighted by molar-refractivity contribution is -0.132. The van der Waals surface area contributed by atoms with Gasteiger partial charge in [0.1, 0.15) is 11.4 Å². The zero-order valence-corrected chi connectivity index (χ0v) is 13.8. The van der Waals surface area contributed by atoms with Gasteiger partial charge in [-0.25, -0.2) is 0 Å². The van der Waals surface area contributed by atoms with E-state index < -0.39 is 5.60 Å². The van der Waals surface area contributed by atoms with Crippen molar-refractivity contribution in [1.29, 1.82) is 0 Å². The summed E-state index contributed by atoms with van der Waals surface area (Å²) in [5.74, 6) is 0.736. The van der Waals surface area contributed by atoms with Gasteiger partial charge in [-0.15, -0.1) is 0 Å². The monoisotopic (exact) mass is 303 g/mol. The van der Waals surface area contributed by atoms with Crippen LogP contribution in [0.1, 0.15) is 39.2 Å². The Hall–Kier alpha value is -1.81. The number of hydrogen-bond acceptors (Lipinski definition) is 3. The Balaban J connectivity index is 2.26. The Morgan fingerprint density at radius 2 is 2.00 bits per heavy atom. The molecule has 1 aliphatic rings. The molecule has 4 nitrogen and oxygen atoms in total. The van der Waals surface area contributed by atoms with Crippen LogP contribution >= 0.6 is 0 Å². The van der Waals surface area contributed by atoms with Crippen LogP contribution in [0.15, 0.2) is 35.9 Å². The molecule has 2 atom stereocenters. The van der Waals surface area contributed by atoms with E-state index in [1.807, 2.05) is 38.1 Å². The minimum absolute atomic E-state index is 0.0173. The van der Waals surface area contributed by atoms with E-state index in [1.165, 1.54) is 0 Å². The van der Waals surface area contributed by atoms with Crippen LogP contribution in [0, 0.1) is 0 Å². The van der Waals surface area contributed by atoms with Gasteiger partial charge in [-0.05, 0) is 51.3 Å². The fourth-order valence-electron chi connectivity index (χ4n) is 3.07. The first-order chi connectivity index (χ1) is 10.4. The molecule has 1 aliphatic heterocycles. The van der Waals surface area contributed by atoms with Gasteiger partial charge in [0.05, 0.1) is 13.2 Å². The predicted molar refractivity (Wildman–Crippen MR) is 86.7 cm³/mol. The summed E-state index contributed by atoms with van der Waals surface area (Å²) in [4.78, 5) is 14.2. The molecule has 1 saturated heterocycles. The zero-order valence-electron chi connectivity index (χ0n) is 13.8. The Kier molecular flexibility index (Phi) is 4.91. The highest BCUT2D eigenvalue weighted by molar-refractivity contribution is 5.88. The van der Waals surface area contributed by atoms with Crippen molar-refractivity contribution in [1.82, 2.24) is 4.90 Å². The Bertz CT molecular complexity index is 556. The molecule has 120 valence electrons. The highest BCUT2D eigenvalue weighted by atomic mass is 16.5. The molecule has 0 aromatic heterocycles. The molecular weight excluding hydrogens is 278 g/mol. The molecule has 1 N–H and O–H groups in total. The third-order valence-electron chi connectivity index (χ3n) is 4.27. The van der Waals surface area contributed by atoms with Crippen LogP contribution in [0.5, 0.6) is 5.75 Å². The molecular formula is C18H25NO3. The highest BCUT2D eigenvalue weighted by Gasteiger charge is 2.42. The molecule has 1 amide bonds. The van der Waals surface area contributed by atoms with Gasteiger partial charge in [-0.1, -0.05) is 17.7 Å². The second kappa shape index (κ2) is 6.53. The molecule has 1 fully saturated rings. The van der Waals surface area contributed by atoms with E-state index in [0.29, 0.717) is 6.54 Å². The fourth-order valence-corrected chi connectivity index (χ4v) is 3.07. The first-order valence-corrected chi connectivity index (χ1v) is 7.68. The van der Waals surface area contributed by atoms with Crippen molar-refractivity contribution in [2.75, 3.05) is 13.7 Å². The molecule has 0 spiro atoms. The number of nitrogens with zero attached hydrogens (tertiary/aromatic N) is 1. The molecule has 1 heterocycles. The van der Waals surface area contributed by atoms with Gasteiger partial charge in [-0.2, -0.15) is 0 Å². The minimum atomic E-state index is -1.08. The lowest BCUT2D eigenvalue weighted by Crippen LogP contribution is -2.47. The Morgan fingerprint density at radius 1 is 1.36 bits per heavy atom. The van der Waals surface area contributed by atoms with E-state index >= 15 is 0 Å². The van der Waals surface area contributed by atoms with E-state index in [4.69, 9.17) is 4.74 Å². The van der Waals surface area contributed by atoms with Crippen molar-refractivity contribution < 1.29 is 14.6 Å². The number of carbonyl (C=O) groups is 1. The first kappa shape index (κ1) is 16.6. The normalized spacial score (nSPS) is 20.4. The standard InChI is InChI=1S/C18H25NO3/c1-13(2)12-17(20)19-11-5-6-16(19)18(3,21)14-7-9-15(22-4)10-8-14/h7-10,12,16,21H,5-6,11H2,1-4H3. The molecule has 1 aromatic carbocycles. The smallest absolute Gasteiger partial charge is 0.246 e. The van der Waals surface area contributed by atoms with Crippen molar-refractivity contribution in [3.63, 3.8) is 0 Å². The number of amides is 1. The average Bonchev–Trinajstić information content (AvgIpc) is 2.97. The summed E-state index contributed by atoms with van der Waals surface area (Å²) in [5.41, 5.74) is 0.698. The number of benzene rings is 1. The van der Waals surface area contributed by atoms with Gasteiger partial charge in [0.25, 0.3) is 0 Å². The number of aliphatic hydroxyl groups is 1. The maximum atomic E-state index is 12.4. The maximum absolute atomic E-state index is 12.4. The molecule has 22 heavy (non-hydrogen) atoms. The van der Waals surface area contributed by atoms with Gasteiger partial charge in [0.15, 0.2) is 0 Å². The first-order valence-electron chi connectivity index (χ1n) is 7.68. The van der Waals surface area contributed by atoms with Gasteiger partial charge in [0.2, 0.25) is 5.91 Å². The minimum Gasteiger partial charge on any atom is -0.497 e. The number of allylic oxidation sites excluding steroid dienone is 1. The largest absolute Gasteiger partial charge is 0.497 e. The summed E-state index contributed by atoms with van der Waals surface area (Å²) < 4.78 is 5.16. The number of ether oxygens (including phenoxy) is 1. The highest BCUT2D eigenvalue weighted by Crippen LogP contribution is 2.35. The number of methoxy groups -OCH3 is 1. The molecule has 0 saturated carbocycles. The van der Waals surface area contributed by atoms with Crippen LogP contribution in [0.25, 0.3) is 0 Å². The molecule has 4 heteroatoms. The van der Waals surface area contributed by atoms with E-state index in [2.05, 4.69) is 0 Å². The summed E-state index contributed by atoms with van der Waals surface area (Å²) in [6.07, 6.45) is 3.36. The van der Waals surface area contributed by atoms with Crippen LogP contribution in [0.4, 0.5) is 0 Å². The summed E-state index contributed by atoms with van der Waals surface area (Å²) in [6.45, 7) is 6.29. The van der Waals surface area contributed by atoms with Gasteiger partial charge >= 0.3 is 0 Å². The molecule has 0 aliphatic carbocycles. The van der Waals surface area contributed by atoms with Gasteiger partial charge in [-0.3, -0.25) is 4.79 Å². The van der Waals surface area contributed by atoms with Crippen molar-refractivity contribution in [2.24, 2.45) is 0 Å². The summed E-state index contributed by atoms with van der Waals surface area (Å²) in [6, 6.07) is 7.19. The maximum Gasteiger partial charge on any atom is 0.246 e. The molecule has 0 radical (unpaired) electrons. The Morgan fingerprint density at radius 3 is 2.55 bits per heavy atom. The second-order valence-electron chi connectivity index (χ2n) is 6.29. The van der Waals surface area contributed by atoms with Crippen molar-refractivity contribution in [3.8, 4) is 5.75 Å². The number of rotatable bonds is 4. The van der Waals surface area contributed by atoms with Crippen molar-refractivity contribution >= 4 is 5.91 Å². The Labute approximate surface area is 132 Å². The molecule has 2 unspecified atom stereocenters. The van der Waals surface area contributed by atoms with Crippen molar-refractivity contribution in [2.45, 2.75) is 45.3 Å². The lowest BCUT2D eigenvalue weighted by atomic mass is 9.86. The predicted octanol–water partition coefficient (Wildman–Crippen LogP) is 2.86.